The number of aryl methyl sites for hydroxylation is 2. The van der Waals surface area contributed by atoms with Crippen LogP contribution in [0.5, 0.6) is 0 Å². The van der Waals surface area contributed by atoms with Crippen LogP contribution < -0.4 is 5.32 Å². The lowest BCUT2D eigenvalue weighted by atomic mass is 10.1. The lowest BCUT2D eigenvalue weighted by molar-refractivity contribution is 0.553. The quantitative estimate of drug-likeness (QED) is 0.797. The van der Waals surface area contributed by atoms with E-state index in [2.05, 4.69) is 46.5 Å². The highest BCUT2D eigenvalue weighted by molar-refractivity contribution is 7.14. The average Bonchev–Trinajstić information content (AvgIpc) is 2.92. The Kier molecular flexibility index (Phi) is 5.76. The molecule has 2 heterocycles. The molecule has 114 valence electrons. The Bertz CT molecular complexity index is 579. The van der Waals surface area contributed by atoms with Gasteiger partial charge in [-0.05, 0) is 31.9 Å². The van der Waals surface area contributed by atoms with Gasteiger partial charge in [0.05, 0.1) is 11.4 Å². The lowest BCUT2D eigenvalue weighted by Gasteiger charge is -2.05. The molecule has 0 fully saturated rings. The second kappa shape index (κ2) is 7.56. The van der Waals surface area contributed by atoms with Crippen LogP contribution in [0.4, 0.5) is 0 Å². The van der Waals surface area contributed by atoms with Gasteiger partial charge in [-0.3, -0.25) is 0 Å². The summed E-state index contributed by atoms with van der Waals surface area (Å²) in [6.07, 6.45) is 1.77. The highest BCUT2D eigenvalue weighted by Gasteiger charge is 2.12. The summed E-state index contributed by atoms with van der Waals surface area (Å²) >= 11 is 1.65. The Labute approximate surface area is 130 Å². The summed E-state index contributed by atoms with van der Waals surface area (Å²) in [5, 5.41) is 22.4. The number of aromatic nitrogens is 4. The van der Waals surface area contributed by atoms with Crippen LogP contribution in [0.2, 0.25) is 0 Å². The van der Waals surface area contributed by atoms with Gasteiger partial charge in [0.1, 0.15) is 10.0 Å². The van der Waals surface area contributed by atoms with Crippen molar-refractivity contribution in [3.63, 3.8) is 0 Å². The normalized spacial score (nSPS) is 11.3. The van der Waals surface area contributed by atoms with Gasteiger partial charge in [-0.2, -0.15) is 10.2 Å². The SMILES string of the molecule is CCc1nnc(C)cc1-c1nnc(CCNCC(C)C)s1. The van der Waals surface area contributed by atoms with Crippen LogP contribution in [0, 0.1) is 12.8 Å². The number of hydrogen-bond acceptors (Lipinski definition) is 6. The summed E-state index contributed by atoms with van der Waals surface area (Å²) in [7, 11) is 0. The molecule has 0 aliphatic carbocycles. The number of nitrogens with one attached hydrogen (secondary N) is 1. The van der Waals surface area contributed by atoms with Crippen molar-refractivity contribution < 1.29 is 0 Å². The zero-order chi connectivity index (χ0) is 15.2. The molecular weight excluding hydrogens is 282 g/mol. The largest absolute Gasteiger partial charge is 0.316 e. The minimum Gasteiger partial charge on any atom is -0.316 e. The molecule has 2 aromatic heterocycles. The number of rotatable bonds is 7. The van der Waals surface area contributed by atoms with E-state index < -0.39 is 0 Å². The molecule has 0 radical (unpaired) electrons. The molecule has 0 atom stereocenters. The molecule has 0 spiro atoms. The Morgan fingerprint density at radius 1 is 1.19 bits per heavy atom. The van der Waals surface area contributed by atoms with E-state index in [1.54, 1.807) is 11.3 Å². The molecule has 0 unspecified atom stereocenters. The van der Waals surface area contributed by atoms with Gasteiger partial charge in [0, 0.05) is 18.5 Å². The summed E-state index contributed by atoms with van der Waals surface area (Å²) < 4.78 is 0. The van der Waals surface area contributed by atoms with E-state index in [1.807, 2.05) is 13.0 Å². The van der Waals surface area contributed by atoms with Crippen molar-refractivity contribution in [2.24, 2.45) is 5.92 Å². The van der Waals surface area contributed by atoms with Gasteiger partial charge in [-0.25, -0.2) is 0 Å². The maximum Gasteiger partial charge on any atom is 0.149 e. The molecule has 0 aliphatic rings. The summed E-state index contributed by atoms with van der Waals surface area (Å²) in [5.74, 6) is 0.674. The van der Waals surface area contributed by atoms with Crippen molar-refractivity contribution in [2.45, 2.75) is 40.5 Å². The van der Waals surface area contributed by atoms with Gasteiger partial charge in [0.25, 0.3) is 0 Å². The molecule has 6 heteroatoms. The van der Waals surface area contributed by atoms with E-state index in [0.29, 0.717) is 5.92 Å². The standard InChI is InChI=1S/C15H23N5S/c1-5-13-12(8-11(4)17-18-13)15-20-19-14(21-15)6-7-16-9-10(2)3/h8,10,16H,5-7,9H2,1-4H3. The molecule has 0 saturated heterocycles. The first-order valence-electron chi connectivity index (χ1n) is 7.46. The van der Waals surface area contributed by atoms with Gasteiger partial charge >= 0.3 is 0 Å². The second-order valence-corrected chi connectivity index (χ2v) is 6.61. The van der Waals surface area contributed by atoms with Gasteiger partial charge in [0.2, 0.25) is 0 Å². The first-order valence-corrected chi connectivity index (χ1v) is 8.28. The first kappa shape index (κ1) is 16.0. The fourth-order valence-electron chi connectivity index (χ4n) is 2.01. The predicted molar refractivity (Wildman–Crippen MR) is 86.5 cm³/mol. The van der Waals surface area contributed by atoms with E-state index in [-0.39, 0.29) is 0 Å². The maximum atomic E-state index is 4.32. The van der Waals surface area contributed by atoms with Crippen molar-refractivity contribution >= 4 is 11.3 Å². The molecule has 5 nitrogen and oxygen atoms in total. The maximum absolute atomic E-state index is 4.32. The molecular formula is C15H23N5S. The fourth-order valence-corrected chi connectivity index (χ4v) is 2.89. The van der Waals surface area contributed by atoms with Crippen molar-refractivity contribution in [3.8, 4) is 10.6 Å². The minimum absolute atomic E-state index is 0.674. The Balaban J connectivity index is 2.04. The van der Waals surface area contributed by atoms with Gasteiger partial charge in [0.15, 0.2) is 0 Å². The van der Waals surface area contributed by atoms with Gasteiger partial charge in [-0.1, -0.05) is 32.1 Å². The van der Waals surface area contributed by atoms with Crippen molar-refractivity contribution in [3.05, 3.63) is 22.5 Å². The summed E-state index contributed by atoms with van der Waals surface area (Å²) in [4.78, 5) is 0. The summed E-state index contributed by atoms with van der Waals surface area (Å²) in [5.41, 5.74) is 2.97. The van der Waals surface area contributed by atoms with E-state index >= 15 is 0 Å². The summed E-state index contributed by atoms with van der Waals surface area (Å²) in [6, 6.07) is 2.05. The van der Waals surface area contributed by atoms with Crippen molar-refractivity contribution in [1.29, 1.82) is 0 Å². The molecule has 0 aromatic carbocycles. The van der Waals surface area contributed by atoms with Crippen LogP contribution >= 0.6 is 11.3 Å². The summed E-state index contributed by atoms with van der Waals surface area (Å²) in [6.45, 7) is 10.4. The van der Waals surface area contributed by atoms with Crippen molar-refractivity contribution in [1.82, 2.24) is 25.7 Å². The van der Waals surface area contributed by atoms with Crippen LogP contribution in [0.1, 0.15) is 37.2 Å². The molecule has 0 saturated carbocycles. The first-order chi connectivity index (χ1) is 10.1. The lowest BCUT2D eigenvalue weighted by Crippen LogP contribution is -2.22. The molecule has 1 N–H and O–H groups in total. The third-order valence-corrected chi connectivity index (χ3v) is 4.11. The van der Waals surface area contributed by atoms with Crippen LogP contribution in [0.3, 0.4) is 0 Å². The van der Waals surface area contributed by atoms with Crippen molar-refractivity contribution in [2.75, 3.05) is 13.1 Å². The third-order valence-electron chi connectivity index (χ3n) is 3.09. The molecule has 0 bridgehead atoms. The number of nitrogens with zero attached hydrogens (tertiary/aromatic N) is 4. The van der Waals surface area contributed by atoms with Gasteiger partial charge < -0.3 is 5.32 Å². The molecule has 0 amide bonds. The molecule has 2 rings (SSSR count). The van der Waals surface area contributed by atoms with E-state index in [9.17, 15) is 0 Å². The predicted octanol–water partition coefficient (Wildman–Crippen LogP) is 2.65. The molecule has 0 aliphatic heterocycles. The highest BCUT2D eigenvalue weighted by atomic mass is 32.1. The van der Waals surface area contributed by atoms with Crippen LogP contribution in [0.15, 0.2) is 6.07 Å². The second-order valence-electron chi connectivity index (χ2n) is 5.55. The molecule has 21 heavy (non-hydrogen) atoms. The minimum atomic E-state index is 0.674. The topological polar surface area (TPSA) is 63.6 Å². The third kappa shape index (κ3) is 4.54. The zero-order valence-corrected chi connectivity index (χ0v) is 14.0. The van der Waals surface area contributed by atoms with E-state index in [0.717, 1.165) is 52.9 Å². The fraction of sp³-hybridized carbons (Fsp3) is 0.600. The number of hydrogen-bond donors (Lipinski definition) is 1. The van der Waals surface area contributed by atoms with Crippen LogP contribution in [-0.4, -0.2) is 33.5 Å². The van der Waals surface area contributed by atoms with Crippen LogP contribution in [0.25, 0.3) is 10.6 Å². The monoisotopic (exact) mass is 305 g/mol. The van der Waals surface area contributed by atoms with Gasteiger partial charge in [-0.15, -0.1) is 10.2 Å². The Morgan fingerprint density at radius 2 is 2.00 bits per heavy atom. The molecule has 2 aromatic rings. The van der Waals surface area contributed by atoms with Crippen LogP contribution in [-0.2, 0) is 12.8 Å². The average molecular weight is 305 g/mol. The highest BCUT2D eigenvalue weighted by Crippen LogP contribution is 2.26. The Hall–Kier alpha value is -1.40. The Morgan fingerprint density at radius 3 is 2.71 bits per heavy atom. The van der Waals surface area contributed by atoms with E-state index in [1.165, 1.54) is 0 Å². The van der Waals surface area contributed by atoms with E-state index in [4.69, 9.17) is 0 Å². The smallest absolute Gasteiger partial charge is 0.149 e. The zero-order valence-electron chi connectivity index (χ0n) is 13.2.